The molecule has 10 atom stereocenters. The Balaban J connectivity index is 1.84. The molecule has 2 saturated heterocycles. The SMILES string of the molecule is CC(C)Oc1cc(C#C[C@H]2O[C@H](CO)[C@@H](O)[C@H](O)[C@@H]2O)ccc1C#C[C@H]1O[C@H](CO)[C@@H](O)[C@H](O)[C@@H]1O. The molecule has 2 aliphatic heterocycles. The lowest BCUT2D eigenvalue weighted by Crippen LogP contribution is -2.58. The largest absolute Gasteiger partial charge is 0.490 e. The molecule has 11 heteroatoms. The first-order chi connectivity index (χ1) is 17.1. The highest BCUT2D eigenvalue weighted by atomic mass is 16.5. The summed E-state index contributed by atoms with van der Waals surface area (Å²) < 4.78 is 16.6. The van der Waals surface area contributed by atoms with Crippen molar-refractivity contribution in [3.63, 3.8) is 0 Å². The smallest absolute Gasteiger partial charge is 0.147 e. The molecular weight excluding hydrogens is 476 g/mol. The summed E-state index contributed by atoms with van der Waals surface area (Å²) in [6.07, 6.45) is -13.7. The molecule has 0 aliphatic carbocycles. The molecule has 8 N–H and O–H groups in total. The first-order valence-electron chi connectivity index (χ1n) is 11.5. The quantitative estimate of drug-likeness (QED) is 0.192. The van der Waals surface area contributed by atoms with Crippen molar-refractivity contribution in [2.75, 3.05) is 13.2 Å². The standard InChI is InChI=1S/C25H32O11/c1-12(2)34-17-9-13(4-7-15-20(28)24(32)22(30)18(10-26)35-15)3-5-14(17)6-8-16-21(29)25(33)23(31)19(11-27)36-16/h3,5,9,12,15-16,18-33H,10-11H2,1-2H3/t15-,16-,18-,19-,20-,21-,22-,23-,24-,25-/m1/s1. The average Bonchev–Trinajstić information content (AvgIpc) is 2.85. The van der Waals surface area contributed by atoms with Crippen LogP contribution in [0.2, 0.25) is 0 Å². The molecule has 36 heavy (non-hydrogen) atoms. The average molecular weight is 509 g/mol. The number of benzene rings is 1. The number of hydrogen-bond donors (Lipinski definition) is 8. The van der Waals surface area contributed by atoms with Crippen LogP contribution in [-0.2, 0) is 9.47 Å². The van der Waals surface area contributed by atoms with Gasteiger partial charge in [0.15, 0.2) is 0 Å². The van der Waals surface area contributed by atoms with Crippen LogP contribution in [0.15, 0.2) is 18.2 Å². The molecule has 198 valence electrons. The van der Waals surface area contributed by atoms with Gasteiger partial charge in [0.1, 0.15) is 66.8 Å². The van der Waals surface area contributed by atoms with Crippen molar-refractivity contribution in [3.8, 4) is 29.4 Å². The maximum absolute atomic E-state index is 10.2. The van der Waals surface area contributed by atoms with Crippen LogP contribution in [0.1, 0.15) is 25.0 Å². The molecule has 0 saturated carbocycles. The summed E-state index contributed by atoms with van der Waals surface area (Å²) in [5.41, 5.74) is 0.875. The van der Waals surface area contributed by atoms with Crippen molar-refractivity contribution >= 4 is 0 Å². The van der Waals surface area contributed by atoms with E-state index in [-0.39, 0.29) is 6.10 Å². The van der Waals surface area contributed by atoms with Gasteiger partial charge in [0.2, 0.25) is 0 Å². The Hall–Kier alpha value is -2.26. The van der Waals surface area contributed by atoms with E-state index in [1.165, 1.54) is 0 Å². The third-order valence-electron chi connectivity index (χ3n) is 5.84. The van der Waals surface area contributed by atoms with Crippen molar-refractivity contribution in [3.05, 3.63) is 29.3 Å². The number of ether oxygens (including phenoxy) is 3. The second-order valence-electron chi connectivity index (χ2n) is 8.92. The van der Waals surface area contributed by atoms with Crippen LogP contribution < -0.4 is 4.74 Å². The number of aliphatic hydroxyl groups excluding tert-OH is 8. The van der Waals surface area contributed by atoms with Gasteiger partial charge in [-0.15, -0.1) is 0 Å². The highest BCUT2D eigenvalue weighted by Gasteiger charge is 2.43. The fourth-order valence-corrected chi connectivity index (χ4v) is 3.80. The zero-order chi connectivity index (χ0) is 26.6. The molecule has 1 aromatic rings. The molecule has 0 aromatic heterocycles. The minimum atomic E-state index is -1.54. The lowest BCUT2D eigenvalue weighted by atomic mass is 9.95. The van der Waals surface area contributed by atoms with Gasteiger partial charge in [-0.1, -0.05) is 23.7 Å². The van der Waals surface area contributed by atoms with Crippen molar-refractivity contribution in [1.82, 2.24) is 0 Å². The van der Waals surface area contributed by atoms with Crippen LogP contribution in [0.25, 0.3) is 0 Å². The molecule has 0 radical (unpaired) electrons. The van der Waals surface area contributed by atoms with Gasteiger partial charge in [-0.2, -0.15) is 0 Å². The number of hydrogen-bond acceptors (Lipinski definition) is 11. The summed E-state index contributed by atoms with van der Waals surface area (Å²) >= 11 is 0. The molecule has 2 heterocycles. The summed E-state index contributed by atoms with van der Waals surface area (Å²) in [6, 6.07) is 4.81. The normalized spacial score (nSPS) is 36.4. The van der Waals surface area contributed by atoms with Gasteiger partial charge in [0.25, 0.3) is 0 Å². The zero-order valence-electron chi connectivity index (χ0n) is 19.8. The van der Waals surface area contributed by atoms with Gasteiger partial charge >= 0.3 is 0 Å². The van der Waals surface area contributed by atoms with Crippen LogP contribution in [0.3, 0.4) is 0 Å². The van der Waals surface area contributed by atoms with E-state index in [9.17, 15) is 40.9 Å². The highest BCUT2D eigenvalue weighted by Crippen LogP contribution is 2.24. The van der Waals surface area contributed by atoms with E-state index in [0.717, 1.165) is 0 Å². The maximum atomic E-state index is 10.2. The summed E-state index contributed by atoms with van der Waals surface area (Å²) in [5, 5.41) is 78.7. The van der Waals surface area contributed by atoms with E-state index in [4.69, 9.17) is 14.2 Å². The third-order valence-corrected chi connectivity index (χ3v) is 5.84. The van der Waals surface area contributed by atoms with Crippen LogP contribution in [-0.4, -0.2) is 121 Å². The van der Waals surface area contributed by atoms with Crippen molar-refractivity contribution in [2.45, 2.75) is 81.0 Å². The van der Waals surface area contributed by atoms with Crippen LogP contribution in [0.4, 0.5) is 0 Å². The molecule has 0 amide bonds. The Morgan fingerprint density at radius 1 is 0.750 bits per heavy atom. The van der Waals surface area contributed by atoms with Crippen molar-refractivity contribution in [2.24, 2.45) is 0 Å². The summed E-state index contributed by atoms with van der Waals surface area (Å²) in [5.74, 6) is 11.4. The van der Waals surface area contributed by atoms with E-state index >= 15 is 0 Å². The summed E-state index contributed by atoms with van der Waals surface area (Å²) in [4.78, 5) is 0. The topological polar surface area (TPSA) is 190 Å². The lowest BCUT2D eigenvalue weighted by molar-refractivity contribution is -0.214. The molecule has 0 bridgehead atoms. The second-order valence-corrected chi connectivity index (χ2v) is 8.92. The summed E-state index contributed by atoms with van der Waals surface area (Å²) in [7, 11) is 0. The van der Waals surface area contributed by atoms with E-state index in [0.29, 0.717) is 16.9 Å². The van der Waals surface area contributed by atoms with E-state index in [1.54, 1.807) is 32.0 Å². The monoisotopic (exact) mass is 508 g/mol. The van der Waals surface area contributed by atoms with Crippen molar-refractivity contribution < 1.29 is 55.1 Å². The second kappa shape index (κ2) is 12.3. The predicted molar refractivity (Wildman–Crippen MR) is 123 cm³/mol. The van der Waals surface area contributed by atoms with Crippen LogP contribution in [0, 0.1) is 23.7 Å². The number of aliphatic hydroxyl groups is 8. The van der Waals surface area contributed by atoms with Gasteiger partial charge in [0.05, 0.1) is 24.9 Å². The molecule has 2 fully saturated rings. The Kier molecular flexibility index (Phi) is 9.69. The molecule has 3 rings (SSSR count). The molecule has 1 aromatic carbocycles. The van der Waals surface area contributed by atoms with Gasteiger partial charge in [-0.3, -0.25) is 0 Å². The maximum Gasteiger partial charge on any atom is 0.147 e. The molecule has 0 spiro atoms. The van der Waals surface area contributed by atoms with Crippen molar-refractivity contribution in [1.29, 1.82) is 0 Å². The first kappa shape index (κ1) is 28.3. The third kappa shape index (κ3) is 6.35. The van der Waals surface area contributed by atoms with E-state index in [1.807, 2.05) is 0 Å². The fraction of sp³-hybridized carbons (Fsp3) is 0.600. The fourth-order valence-electron chi connectivity index (χ4n) is 3.80. The molecule has 0 unspecified atom stereocenters. The highest BCUT2D eigenvalue weighted by molar-refractivity contribution is 5.52. The van der Waals surface area contributed by atoms with E-state index in [2.05, 4.69) is 23.7 Å². The predicted octanol–water partition coefficient (Wildman–Crippen LogP) is -3.14. The Labute approximate surface area is 208 Å². The Morgan fingerprint density at radius 3 is 1.72 bits per heavy atom. The molecule has 2 aliphatic rings. The lowest BCUT2D eigenvalue weighted by Gasteiger charge is -2.37. The van der Waals surface area contributed by atoms with Crippen LogP contribution in [0.5, 0.6) is 5.75 Å². The minimum absolute atomic E-state index is 0.230. The van der Waals surface area contributed by atoms with Crippen LogP contribution >= 0.6 is 0 Å². The van der Waals surface area contributed by atoms with E-state index < -0.39 is 74.3 Å². The minimum Gasteiger partial charge on any atom is -0.490 e. The molecular formula is C25H32O11. The zero-order valence-corrected chi connectivity index (χ0v) is 19.8. The summed E-state index contributed by atoms with van der Waals surface area (Å²) in [6.45, 7) is 2.49. The molecule has 11 nitrogen and oxygen atoms in total. The van der Waals surface area contributed by atoms with Gasteiger partial charge in [-0.05, 0) is 32.0 Å². The van der Waals surface area contributed by atoms with Gasteiger partial charge in [-0.25, -0.2) is 0 Å². The number of rotatable bonds is 4. The first-order valence-corrected chi connectivity index (χ1v) is 11.5. The van der Waals surface area contributed by atoms with Gasteiger partial charge < -0.3 is 55.1 Å². The van der Waals surface area contributed by atoms with Gasteiger partial charge in [0, 0.05) is 5.56 Å². The Morgan fingerprint density at radius 2 is 1.25 bits per heavy atom. The Bertz CT molecular complexity index is 1000.